The van der Waals surface area contributed by atoms with E-state index < -0.39 is 0 Å². The Morgan fingerprint density at radius 1 is 1.29 bits per heavy atom. The smallest absolute Gasteiger partial charge is 0.219 e. The summed E-state index contributed by atoms with van der Waals surface area (Å²) in [5.41, 5.74) is 2.07. The molecule has 0 spiro atoms. The van der Waals surface area contributed by atoms with Gasteiger partial charge in [-0.25, -0.2) is 4.98 Å². The van der Waals surface area contributed by atoms with E-state index in [2.05, 4.69) is 39.2 Å². The molecule has 0 aliphatic rings. The second kappa shape index (κ2) is 7.78. The molecule has 1 heterocycles. The average molecular weight is 370 g/mol. The normalized spacial score (nSPS) is 10.7. The molecule has 0 fully saturated rings. The number of nitrogens with one attached hydrogen (secondary N) is 1. The van der Waals surface area contributed by atoms with Crippen LogP contribution in [0.2, 0.25) is 5.02 Å². The molecule has 0 unspecified atom stereocenters. The van der Waals surface area contributed by atoms with Gasteiger partial charge in [-0.05, 0) is 49.7 Å². The Morgan fingerprint density at radius 2 is 2.10 bits per heavy atom. The van der Waals surface area contributed by atoms with Gasteiger partial charge >= 0.3 is 0 Å². The zero-order valence-electron chi connectivity index (χ0n) is 12.1. The van der Waals surface area contributed by atoms with Crippen molar-refractivity contribution in [1.29, 1.82) is 0 Å². The van der Waals surface area contributed by atoms with Gasteiger partial charge in [0.25, 0.3) is 0 Å². The van der Waals surface area contributed by atoms with E-state index >= 15 is 0 Å². The Hall–Kier alpha value is -1.10. The number of aryl methyl sites for hydroxylation is 1. The summed E-state index contributed by atoms with van der Waals surface area (Å²) in [5.74, 6) is 1.15. The van der Waals surface area contributed by atoms with Crippen molar-refractivity contribution in [2.75, 3.05) is 6.54 Å². The highest BCUT2D eigenvalue weighted by atomic mass is 79.9. The van der Waals surface area contributed by atoms with E-state index in [0.29, 0.717) is 16.7 Å². The number of benzene rings is 1. The number of hydrogen-bond donors (Lipinski definition) is 1. The molecule has 5 heteroatoms. The number of nitrogens with zero attached hydrogens (tertiary/aromatic N) is 1. The van der Waals surface area contributed by atoms with E-state index in [4.69, 9.17) is 16.3 Å². The molecule has 21 heavy (non-hydrogen) atoms. The lowest BCUT2D eigenvalue weighted by atomic mass is 10.2. The number of halogens is 2. The quantitative estimate of drug-likeness (QED) is 0.719. The van der Waals surface area contributed by atoms with Crippen molar-refractivity contribution in [3.8, 4) is 11.6 Å². The Balaban J connectivity index is 2.17. The first-order valence-electron chi connectivity index (χ1n) is 6.89. The summed E-state index contributed by atoms with van der Waals surface area (Å²) in [6, 6.07) is 9.49. The molecule has 0 aliphatic carbocycles. The molecule has 2 rings (SSSR count). The van der Waals surface area contributed by atoms with Gasteiger partial charge in [-0.2, -0.15) is 0 Å². The van der Waals surface area contributed by atoms with Crippen LogP contribution in [0.15, 0.2) is 34.8 Å². The molecule has 1 N–H and O–H groups in total. The van der Waals surface area contributed by atoms with Crippen molar-refractivity contribution in [1.82, 2.24) is 10.3 Å². The first kappa shape index (κ1) is 16.3. The predicted molar refractivity (Wildman–Crippen MR) is 90.2 cm³/mol. The standard InChI is InChI=1S/C16H18BrClN2O/c1-3-6-19-10-12-7-11(2)20-16(8-12)21-15-9-13(17)4-5-14(15)18/h4-5,7-9,19H,3,6,10H2,1-2H3. The maximum absolute atomic E-state index is 6.14. The molecule has 0 amide bonds. The SMILES string of the molecule is CCCNCc1cc(C)nc(Oc2cc(Br)ccc2Cl)c1. The second-order valence-corrected chi connectivity index (χ2v) is 6.13. The highest BCUT2D eigenvalue weighted by molar-refractivity contribution is 9.10. The molecule has 0 saturated carbocycles. The van der Waals surface area contributed by atoms with Gasteiger partial charge in [0.05, 0.1) is 5.02 Å². The van der Waals surface area contributed by atoms with Crippen LogP contribution in [0.5, 0.6) is 11.6 Å². The largest absolute Gasteiger partial charge is 0.437 e. The average Bonchev–Trinajstić information content (AvgIpc) is 2.43. The van der Waals surface area contributed by atoms with Crippen molar-refractivity contribution in [3.63, 3.8) is 0 Å². The van der Waals surface area contributed by atoms with Crippen LogP contribution in [0.3, 0.4) is 0 Å². The van der Waals surface area contributed by atoms with Crippen LogP contribution in [0.1, 0.15) is 24.6 Å². The third-order valence-electron chi connectivity index (χ3n) is 2.85. The van der Waals surface area contributed by atoms with Gasteiger partial charge in [-0.15, -0.1) is 0 Å². The highest BCUT2D eigenvalue weighted by Gasteiger charge is 2.07. The molecule has 0 saturated heterocycles. The van der Waals surface area contributed by atoms with Gasteiger partial charge < -0.3 is 10.1 Å². The number of hydrogen-bond acceptors (Lipinski definition) is 3. The summed E-state index contributed by atoms with van der Waals surface area (Å²) in [7, 11) is 0. The molecule has 0 aliphatic heterocycles. The maximum Gasteiger partial charge on any atom is 0.219 e. The number of ether oxygens (including phenoxy) is 1. The Morgan fingerprint density at radius 3 is 2.86 bits per heavy atom. The number of aromatic nitrogens is 1. The molecule has 0 radical (unpaired) electrons. The van der Waals surface area contributed by atoms with Crippen molar-refractivity contribution < 1.29 is 4.74 Å². The zero-order valence-corrected chi connectivity index (χ0v) is 14.5. The molecule has 3 nitrogen and oxygen atoms in total. The van der Waals surface area contributed by atoms with Crippen molar-refractivity contribution >= 4 is 27.5 Å². The first-order valence-corrected chi connectivity index (χ1v) is 8.06. The predicted octanol–water partition coefficient (Wildman–Crippen LogP) is 5.10. The third kappa shape index (κ3) is 4.99. The van der Waals surface area contributed by atoms with E-state index in [0.717, 1.165) is 35.2 Å². The summed E-state index contributed by atoms with van der Waals surface area (Å²) >= 11 is 9.55. The summed E-state index contributed by atoms with van der Waals surface area (Å²) in [6.07, 6.45) is 1.11. The Labute approximate surface area is 138 Å². The molecule has 0 atom stereocenters. The highest BCUT2D eigenvalue weighted by Crippen LogP contribution is 2.31. The minimum atomic E-state index is 0.559. The third-order valence-corrected chi connectivity index (χ3v) is 3.66. The van der Waals surface area contributed by atoms with Crippen LogP contribution in [-0.2, 0) is 6.54 Å². The van der Waals surface area contributed by atoms with Crippen molar-refractivity contribution in [3.05, 3.63) is 51.1 Å². The van der Waals surface area contributed by atoms with Crippen LogP contribution < -0.4 is 10.1 Å². The van der Waals surface area contributed by atoms with Crippen LogP contribution in [0, 0.1) is 6.92 Å². The molecule has 1 aromatic heterocycles. The Kier molecular flexibility index (Phi) is 6.03. The Bertz CT molecular complexity index is 619. The zero-order chi connectivity index (χ0) is 15.2. The molecule has 1 aromatic carbocycles. The van der Waals surface area contributed by atoms with E-state index in [9.17, 15) is 0 Å². The fourth-order valence-corrected chi connectivity index (χ4v) is 2.44. The van der Waals surface area contributed by atoms with Crippen LogP contribution in [-0.4, -0.2) is 11.5 Å². The maximum atomic E-state index is 6.14. The van der Waals surface area contributed by atoms with E-state index in [1.165, 1.54) is 0 Å². The number of rotatable bonds is 6. The first-order chi connectivity index (χ1) is 10.1. The van der Waals surface area contributed by atoms with Gasteiger partial charge in [0.1, 0.15) is 5.75 Å². The van der Waals surface area contributed by atoms with Gasteiger partial charge in [0.2, 0.25) is 5.88 Å². The molecule has 2 aromatic rings. The van der Waals surface area contributed by atoms with Crippen LogP contribution in [0.25, 0.3) is 0 Å². The summed E-state index contributed by atoms with van der Waals surface area (Å²) in [5, 5.41) is 3.94. The molecule has 0 bridgehead atoms. The van der Waals surface area contributed by atoms with E-state index in [1.54, 1.807) is 6.07 Å². The van der Waals surface area contributed by atoms with Crippen molar-refractivity contribution in [2.45, 2.75) is 26.8 Å². The summed E-state index contributed by atoms with van der Waals surface area (Å²) < 4.78 is 6.73. The fraction of sp³-hybridized carbons (Fsp3) is 0.312. The van der Waals surface area contributed by atoms with Gasteiger partial charge in [-0.3, -0.25) is 0 Å². The van der Waals surface area contributed by atoms with E-state index in [1.807, 2.05) is 25.1 Å². The van der Waals surface area contributed by atoms with E-state index in [-0.39, 0.29) is 0 Å². The minimum absolute atomic E-state index is 0.559. The van der Waals surface area contributed by atoms with Crippen LogP contribution in [0.4, 0.5) is 0 Å². The minimum Gasteiger partial charge on any atom is -0.437 e. The lowest BCUT2D eigenvalue weighted by molar-refractivity contribution is 0.460. The molecular weight excluding hydrogens is 352 g/mol. The van der Waals surface area contributed by atoms with Crippen LogP contribution >= 0.6 is 27.5 Å². The lowest BCUT2D eigenvalue weighted by Gasteiger charge is -2.10. The fourth-order valence-electron chi connectivity index (χ4n) is 1.94. The lowest BCUT2D eigenvalue weighted by Crippen LogP contribution is -2.14. The van der Waals surface area contributed by atoms with Gasteiger partial charge in [-0.1, -0.05) is 34.5 Å². The summed E-state index contributed by atoms with van der Waals surface area (Å²) in [4.78, 5) is 4.40. The van der Waals surface area contributed by atoms with Gasteiger partial charge in [0, 0.05) is 22.8 Å². The number of pyridine rings is 1. The molecular formula is C16H18BrClN2O. The molecule has 112 valence electrons. The van der Waals surface area contributed by atoms with Crippen molar-refractivity contribution in [2.24, 2.45) is 0 Å². The van der Waals surface area contributed by atoms with Gasteiger partial charge in [0.15, 0.2) is 0 Å². The topological polar surface area (TPSA) is 34.2 Å². The second-order valence-electron chi connectivity index (χ2n) is 4.81. The monoisotopic (exact) mass is 368 g/mol. The summed E-state index contributed by atoms with van der Waals surface area (Å²) in [6.45, 7) is 5.90.